The number of hydrogen-bond donors (Lipinski definition) is 2. The number of rotatable bonds is 6. The molecule has 0 aliphatic carbocycles. The van der Waals surface area contributed by atoms with Crippen LogP contribution < -0.4 is 10.6 Å². The average Bonchev–Trinajstić information content (AvgIpc) is 2.55. The summed E-state index contributed by atoms with van der Waals surface area (Å²) in [7, 11) is 0. The second kappa shape index (κ2) is 7.93. The molecule has 5 heteroatoms. The quantitative estimate of drug-likeness (QED) is 0.860. The number of benzene rings is 2. The molecular formula is C17H17FN2O2. The molecule has 2 rings (SSSR count). The van der Waals surface area contributed by atoms with Crippen LogP contribution in [0.5, 0.6) is 0 Å². The fourth-order valence-corrected chi connectivity index (χ4v) is 1.87. The molecule has 0 radical (unpaired) electrons. The summed E-state index contributed by atoms with van der Waals surface area (Å²) in [5.41, 5.74) is 1.39. The molecule has 2 N–H and O–H groups in total. The van der Waals surface area contributed by atoms with Gasteiger partial charge in [-0.15, -0.1) is 0 Å². The van der Waals surface area contributed by atoms with Crippen molar-refractivity contribution >= 4 is 11.8 Å². The van der Waals surface area contributed by atoms with Crippen LogP contribution in [0.25, 0.3) is 0 Å². The largest absolute Gasteiger partial charge is 0.352 e. The van der Waals surface area contributed by atoms with Crippen molar-refractivity contribution in [1.82, 2.24) is 10.6 Å². The third kappa shape index (κ3) is 5.01. The molecule has 0 saturated carbocycles. The zero-order valence-electron chi connectivity index (χ0n) is 12.0. The molecule has 2 aromatic carbocycles. The molecule has 0 heterocycles. The molecule has 0 spiro atoms. The lowest BCUT2D eigenvalue weighted by molar-refractivity contribution is -0.121. The fraction of sp³-hybridized carbons (Fsp3) is 0.176. The first-order valence-corrected chi connectivity index (χ1v) is 6.99. The molecule has 2 aromatic rings. The van der Waals surface area contributed by atoms with Crippen molar-refractivity contribution in [3.8, 4) is 0 Å². The number of carbonyl (C=O) groups is 2. The van der Waals surface area contributed by atoms with Gasteiger partial charge in [0.1, 0.15) is 5.82 Å². The minimum atomic E-state index is -0.307. The van der Waals surface area contributed by atoms with E-state index in [1.54, 1.807) is 36.4 Å². The number of nitrogens with one attached hydrogen (secondary N) is 2. The Labute approximate surface area is 128 Å². The molecule has 0 aliphatic rings. The number of carbonyl (C=O) groups excluding carboxylic acids is 2. The smallest absolute Gasteiger partial charge is 0.251 e. The predicted octanol–water partition coefficient (Wildman–Crippen LogP) is 2.26. The summed E-state index contributed by atoms with van der Waals surface area (Å²) >= 11 is 0. The molecule has 22 heavy (non-hydrogen) atoms. The Balaban J connectivity index is 1.67. The van der Waals surface area contributed by atoms with E-state index >= 15 is 0 Å². The Hall–Kier alpha value is -2.69. The Morgan fingerprint density at radius 1 is 0.909 bits per heavy atom. The van der Waals surface area contributed by atoms with Crippen LogP contribution in [0.15, 0.2) is 54.6 Å². The third-order valence-corrected chi connectivity index (χ3v) is 3.08. The van der Waals surface area contributed by atoms with Gasteiger partial charge in [-0.25, -0.2) is 4.39 Å². The van der Waals surface area contributed by atoms with E-state index in [0.717, 1.165) is 5.56 Å². The topological polar surface area (TPSA) is 58.2 Å². The van der Waals surface area contributed by atoms with E-state index in [4.69, 9.17) is 0 Å². The van der Waals surface area contributed by atoms with E-state index < -0.39 is 0 Å². The second-order valence-corrected chi connectivity index (χ2v) is 4.78. The van der Waals surface area contributed by atoms with Crippen LogP contribution >= 0.6 is 0 Å². The summed E-state index contributed by atoms with van der Waals surface area (Å²) in [5.74, 6) is -0.677. The minimum absolute atomic E-state index is 0.169. The lowest BCUT2D eigenvalue weighted by atomic mass is 10.2. The maximum Gasteiger partial charge on any atom is 0.251 e. The van der Waals surface area contributed by atoms with Gasteiger partial charge >= 0.3 is 0 Å². The zero-order chi connectivity index (χ0) is 15.8. The highest BCUT2D eigenvalue weighted by Crippen LogP contribution is 2.02. The van der Waals surface area contributed by atoms with Crippen LogP contribution in [0.1, 0.15) is 22.3 Å². The van der Waals surface area contributed by atoms with Crippen LogP contribution in [0.2, 0.25) is 0 Å². The lowest BCUT2D eigenvalue weighted by Gasteiger charge is -2.07. The summed E-state index contributed by atoms with van der Waals surface area (Å²) in [6.07, 6.45) is 0.194. The maximum absolute atomic E-state index is 12.7. The van der Waals surface area contributed by atoms with E-state index in [0.29, 0.717) is 12.1 Å². The fourth-order valence-electron chi connectivity index (χ4n) is 1.87. The van der Waals surface area contributed by atoms with Crippen LogP contribution in [0.4, 0.5) is 4.39 Å². The molecule has 4 nitrogen and oxygen atoms in total. The highest BCUT2D eigenvalue weighted by Gasteiger charge is 2.06. The van der Waals surface area contributed by atoms with Crippen molar-refractivity contribution in [3.05, 3.63) is 71.5 Å². The van der Waals surface area contributed by atoms with Crippen molar-refractivity contribution in [2.45, 2.75) is 13.0 Å². The molecule has 0 aromatic heterocycles. The van der Waals surface area contributed by atoms with Crippen molar-refractivity contribution in [2.75, 3.05) is 6.54 Å². The first kappa shape index (κ1) is 15.7. The second-order valence-electron chi connectivity index (χ2n) is 4.78. The van der Waals surface area contributed by atoms with Crippen LogP contribution in [0, 0.1) is 5.82 Å². The maximum atomic E-state index is 12.7. The Morgan fingerprint density at radius 3 is 2.27 bits per heavy atom. The molecule has 0 saturated heterocycles. The predicted molar refractivity (Wildman–Crippen MR) is 81.6 cm³/mol. The van der Waals surface area contributed by atoms with Gasteiger partial charge in [0.05, 0.1) is 0 Å². The van der Waals surface area contributed by atoms with Gasteiger partial charge in [0, 0.05) is 25.1 Å². The van der Waals surface area contributed by atoms with E-state index in [-0.39, 0.29) is 30.6 Å². The summed E-state index contributed by atoms with van der Waals surface area (Å²) in [6, 6.07) is 14.8. The number of hydrogen-bond acceptors (Lipinski definition) is 2. The van der Waals surface area contributed by atoms with Crippen LogP contribution in [-0.2, 0) is 11.3 Å². The van der Waals surface area contributed by atoms with Gasteiger partial charge in [0.15, 0.2) is 0 Å². The molecule has 2 amide bonds. The summed E-state index contributed by atoms with van der Waals surface area (Å²) in [6.45, 7) is 0.606. The van der Waals surface area contributed by atoms with E-state index in [1.807, 2.05) is 6.07 Å². The van der Waals surface area contributed by atoms with Crippen molar-refractivity contribution in [1.29, 1.82) is 0 Å². The molecular weight excluding hydrogens is 283 g/mol. The molecule has 0 aliphatic heterocycles. The standard InChI is InChI=1S/C17H17FN2O2/c18-15-8-6-13(7-9-15)12-20-16(21)10-11-19-17(22)14-4-2-1-3-5-14/h1-9H,10-12H2,(H,19,22)(H,20,21). The number of amides is 2. The van der Waals surface area contributed by atoms with E-state index in [1.165, 1.54) is 12.1 Å². The average molecular weight is 300 g/mol. The first-order chi connectivity index (χ1) is 10.6. The van der Waals surface area contributed by atoms with Gasteiger partial charge in [-0.3, -0.25) is 9.59 Å². The highest BCUT2D eigenvalue weighted by atomic mass is 19.1. The van der Waals surface area contributed by atoms with Crippen LogP contribution in [-0.4, -0.2) is 18.4 Å². The lowest BCUT2D eigenvalue weighted by Crippen LogP contribution is -2.30. The third-order valence-electron chi connectivity index (χ3n) is 3.08. The van der Waals surface area contributed by atoms with Crippen molar-refractivity contribution in [2.24, 2.45) is 0 Å². The van der Waals surface area contributed by atoms with Gasteiger partial charge in [0.25, 0.3) is 5.91 Å². The van der Waals surface area contributed by atoms with Gasteiger partial charge in [-0.05, 0) is 29.8 Å². The zero-order valence-corrected chi connectivity index (χ0v) is 12.0. The van der Waals surface area contributed by atoms with Crippen LogP contribution in [0.3, 0.4) is 0 Å². The Kier molecular flexibility index (Phi) is 5.65. The summed E-state index contributed by atoms with van der Waals surface area (Å²) < 4.78 is 12.7. The Morgan fingerprint density at radius 2 is 1.59 bits per heavy atom. The molecule has 114 valence electrons. The van der Waals surface area contributed by atoms with Gasteiger partial charge in [0.2, 0.25) is 5.91 Å². The van der Waals surface area contributed by atoms with Crippen molar-refractivity contribution in [3.63, 3.8) is 0 Å². The first-order valence-electron chi connectivity index (χ1n) is 6.99. The number of halogens is 1. The highest BCUT2D eigenvalue weighted by molar-refractivity contribution is 5.94. The van der Waals surface area contributed by atoms with Gasteiger partial charge in [-0.1, -0.05) is 30.3 Å². The molecule has 0 unspecified atom stereocenters. The summed E-state index contributed by atoms with van der Waals surface area (Å²) in [5, 5.41) is 5.41. The molecule has 0 atom stereocenters. The molecule has 0 fully saturated rings. The van der Waals surface area contributed by atoms with E-state index in [2.05, 4.69) is 10.6 Å². The normalized spacial score (nSPS) is 10.0. The Bertz CT molecular complexity index is 627. The monoisotopic (exact) mass is 300 g/mol. The van der Waals surface area contributed by atoms with Crippen molar-refractivity contribution < 1.29 is 14.0 Å². The van der Waals surface area contributed by atoms with E-state index in [9.17, 15) is 14.0 Å². The van der Waals surface area contributed by atoms with Gasteiger partial charge < -0.3 is 10.6 Å². The molecule has 0 bridgehead atoms. The summed E-state index contributed by atoms with van der Waals surface area (Å²) in [4.78, 5) is 23.4. The SMILES string of the molecule is O=C(CCNC(=O)c1ccccc1)NCc1ccc(F)cc1. The minimum Gasteiger partial charge on any atom is -0.352 e. The van der Waals surface area contributed by atoms with Gasteiger partial charge in [-0.2, -0.15) is 0 Å².